The maximum atomic E-state index is 6.33. The van der Waals surface area contributed by atoms with Gasteiger partial charge in [-0.3, -0.25) is 0 Å². The Morgan fingerprint density at radius 2 is 0.564 bits per heavy atom. The molecule has 0 spiro atoms. The zero-order chi connectivity index (χ0) is 37.2. The molecule has 266 valence electrons. The Balaban J connectivity index is 1.03. The normalized spacial score (nSPS) is 12.3. The third-order valence-electron chi connectivity index (χ3n) is 9.71. The zero-order valence-electron chi connectivity index (χ0n) is 29.4. The second-order valence-corrected chi connectivity index (χ2v) is 15.0. The first-order valence-electron chi connectivity index (χ1n) is 17.8. The average molecular weight is 845 g/mol. The van der Waals surface area contributed by atoms with Crippen molar-refractivity contribution >= 4 is 31.9 Å². The molecule has 0 atom stereocenters. The molecule has 9 rings (SSSR count). The van der Waals surface area contributed by atoms with E-state index in [9.17, 15) is 0 Å². The van der Waals surface area contributed by atoms with Crippen LogP contribution in [0.3, 0.4) is 0 Å². The van der Waals surface area contributed by atoms with E-state index in [0.29, 0.717) is 0 Å². The fourth-order valence-electron chi connectivity index (χ4n) is 7.28. The van der Waals surface area contributed by atoms with Gasteiger partial charge < -0.3 is 18.9 Å². The molecule has 55 heavy (non-hydrogen) atoms. The molecule has 0 fully saturated rings. The fraction of sp³-hybridized carbons (Fsp3) is 0.0204. The molecule has 8 aromatic rings. The fourth-order valence-corrected chi connectivity index (χ4v) is 8.00. The molecule has 0 amide bonds. The summed E-state index contributed by atoms with van der Waals surface area (Å²) >= 11 is 7.60. The van der Waals surface area contributed by atoms with Crippen LogP contribution < -0.4 is 18.9 Å². The van der Waals surface area contributed by atoms with Gasteiger partial charge in [0.1, 0.15) is 46.0 Å². The van der Waals surface area contributed by atoms with Crippen molar-refractivity contribution in [2.75, 3.05) is 0 Å². The van der Waals surface area contributed by atoms with Crippen LogP contribution in [0.4, 0.5) is 0 Å². The standard InChI is InChI=1S/C49H32Br2O4/c50-35-15-29-45-46-30-16-36(51)32-48(46)49(47(45)31-35,33-11-17-39(18-12-33)54-43-25-21-41(22-26-43)52-37-7-3-1-4-8-37)34-13-19-40(20-14-34)55-44-27-23-42(24-28-44)53-38-9-5-2-6-10-38/h1-32H. The van der Waals surface area contributed by atoms with Gasteiger partial charge in [0.15, 0.2) is 0 Å². The van der Waals surface area contributed by atoms with E-state index in [1.165, 1.54) is 22.3 Å². The van der Waals surface area contributed by atoms with Crippen molar-refractivity contribution in [3.63, 3.8) is 0 Å². The second-order valence-electron chi connectivity index (χ2n) is 13.2. The molecule has 0 saturated carbocycles. The quantitative estimate of drug-likeness (QED) is 0.137. The monoisotopic (exact) mass is 842 g/mol. The molecule has 0 aromatic heterocycles. The Kier molecular flexibility index (Phi) is 9.44. The van der Waals surface area contributed by atoms with Crippen molar-refractivity contribution < 1.29 is 18.9 Å². The smallest absolute Gasteiger partial charge is 0.127 e. The molecule has 0 radical (unpaired) electrons. The molecule has 6 heteroatoms. The van der Waals surface area contributed by atoms with Crippen molar-refractivity contribution in [2.45, 2.75) is 5.41 Å². The SMILES string of the molecule is Brc1ccc2c(c1)C(c1ccc(Oc3ccc(Oc4ccccc4)cc3)cc1)(c1ccc(Oc3ccc(Oc4ccccc4)cc3)cc1)c1cc(Br)ccc1-2. The Labute approximate surface area is 336 Å². The van der Waals surface area contributed by atoms with E-state index in [-0.39, 0.29) is 0 Å². The van der Waals surface area contributed by atoms with Gasteiger partial charge in [-0.15, -0.1) is 0 Å². The number of hydrogen-bond acceptors (Lipinski definition) is 4. The molecule has 8 aromatic carbocycles. The number of benzene rings is 8. The first-order chi connectivity index (χ1) is 27.0. The molecular formula is C49H32Br2O4. The highest BCUT2D eigenvalue weighted by molar-refractivity contribution is 9.10. The van der Waals surface area contributed by atoms with E-state index < -0.39 is 5.41 Å². The Morgan fingerprint density at radius 1 is 0.291 bits per heavy atom. The topological polar surface area (TPSA) is 36.9 Å². The summed E-state index contributed by atoms with van der Waals surface area (Å²) in [6.07, 6.45) is 0. The molecule has 0 bridgehead atoms. The largest absolute Gasteiger partial charge is 0.457 e. The molecule has 4 nitrogen and oxygen atoms in total. The Hall–Kier alpha value is -6.08. The van der Waals surface area contributed by atoms with Gasteiger partial charge in [-0.2, -0.15) is 0 Å². The lowest BCUT2D eigenvalue weighted by molar-refractivity contribution is 0.469. The first kappa shape index (κ1) is 34.7. The van der Waals surface area contributed by atoms with E-state index in [1.54, 1.807) is 0 Å². The van der Waals surface area contributed by atoms with Crippen molar-refractivity contribution in [3.8, 4) is 57.1 Å². The maximum Gasteiger partial charge on any atom is 0.127 e. The van der Waals surface area contributed by atoms with Gasteiger partial charge >= 0.3 is 0 Å². The third kappa shape index (κ3) is 7.03. The average Bonchev–Trinajstić information content (AvgIpc) is 3.50. The highest BCUT2D eigenvalue weighted by Crippen LogP contribution is 2.57. The van der Waals surface area contributed by atoms with Crippen LogP contribution in [0, 0.1) is 0 Å². The van der Waals surface area contributed by atoms with E-state index in [4.69, 9.17) is 18.9 Å². The van der Waals surface area contributed by atoms with Crippen LogP contribution in [-0.2, 0) is 5.41 Å². The van der Waals surface area contributed by atoms with Gasteiger partial charge in [-0.25, -0.2) is 0 Å². The van der Waals surface area contributed by atoms with Gasteiger partial charge in [0.2, 0.25) is 0 Å². The second kappa shape index (κ2) is 15.0. The van der Waals surface area contributed by atoms with Crippen LogP contribution in [-0.4, -0.2) is 0 Å². The molecule has 0 aliphatic heterocycles. The van der Waals surface area contributed by atoms with Crippen LogP contribution in [0.15, 0.2) is 203 Å². The predicted molar refractivity (Wildman–Crippen MR) is 225 cm³/mol. The van der Waals surface area contributed by atoms with Crippen LogP contribution in [0.25, 0.3) is 11.1 Å². The highest BCUT2D eigenvalue weighted by atomic mass is 79.9. The molecule has 1 aliphatic rings. The van der Waals surface area contributed by atoms with Gasteiger partial charge in [0.05, 0.1) is 5.41 Å². The summed E-state index contributed by atoms with van der Waals surface area (Å²) in [6, 6.07) is 64.8. The third-order valence-corrected chi connectivity index (χ3v) is 10.7. The Morgan fingerprint density at radius 3 is 0.873 bits per heavy atom. The van der Waals surface area contributed by atoms with Gasteiger partial charge in [0, 0.05) is 8.95 Å². The summed E-state index contributed by atoms with van der Waals surface area (Å²) in [6.45, 7) is 0. The van der Waals surface area contributed by atoms with E-state index in [0.717, 1.165) is 66.1 Å². The minimum absolute atomic E-state index is 0.623. The maximum absolute atomic E-state index is 6.33. The number of ether oxygens (including phenoxy) is 4. The number of para-hydroxylation sites is 2. The zero-order valence-corrected chi connectivity index (χ0v) is 32.5. The van der Waals surface area contributed by atoms with Crippen LogP contribution in [0.5, 0.6) is 46.0 Å². The minimum Gasteiger partial charge on any atom is -0.457 e. The number of halogens is 2. The molecule has 0 N–H and O–H groups in total. The van der Waals surface area contributed by atoms with E-state index in [2.05, 4.69) is 92.5 Å². The molecular weight excluding hydrogens is 812 g/mol. The molecule has 0 unspecified atom stereocenters. The lowest BCUT2D eigenvalue weighted by Crippen LogP contribution is -2.28. The van der Waals surface area contributed by atoms with Gasteiger partial charge in [-0.1, -0.05) is 105 Å². The molecule has 0 heterocycles. The predicted octanol–water partition coefficient (Wildman–Crippen LogP) is 14.7. The lowest BCUT2D eigenvalue weighted by atomic mass is 9.67. The van der Waals surface area contributed by atoms with Crippen molar-refractivity contribution in [3.05, 3.63) is 225 Å². The molecule has 0 saturated heterocycles. The van der Waals surface area contributed by atoms with Gasteiger partial charge in [-0.05, 0) is 155 Å². The number of hydrogen-bond donors (Lipinski definition) is 0. The number of rotatable bonds is 10. The molecule has 1 aliphatic carbocycles. The summed E-state index contributed by atoms with van der Waals surface area (Å²) in [5, 5.41) is 0. The van der Waals surface area contributed by atoms with E-state index >= 15 is 0 Å². The number of fused-ring (bicyclic) bond motifs is 3. The van der Waals surface area contributed by atoms with Crippen molar-refractivity contribution in [1.29, 1.82) is 0 Å². The van der Waals surface area contributed by atoms with Gasteiger partial charge in [0.25, 0.3) is 0 Å². The van der Waals surface area contributed by atoms with Crippen LogP contribution in [0.1, 0.15) is 22.3 Å². The summed E-state index contributed by atoms with van der Waals surface area (Å²) in [4.78, 5) is 0. The highest BCUT2D eigenvalue weighted by Gasteiger charge is 2.46. The Bertz CT molecular complexity index is 2390. The first-order valence-corrected chi connectivity index (χ1v) is 19.4. The van der Waals surface area contributed by atoms with Crippen molar-refractivity contribution in [1.82, 2.24) is 0 Å². The van der Waals surface area contributed by atoms with Crippen LogP contribution in [0.2, 0.25) is 0 Å². The summed E-state index contributed by atoms with van der Waals surface area (Å²) in [5.74, 6) is 5.99. The van der Waals surface area contributed by atoms with E-state index in [1.807, 2.05) is 133 Å². The summed E-state index contributed by atoms with van der Waals surface area (Å²) in [7, 11) is 0. The van der Waals surface area contributed by atoms with Crippen molar-refractivity contribution in [2.24, 2.45) is 0 Å². The van der Waals surface area contributed by atoms with Crippen LogP contribution >= 0.6 is 31.9 Å². The summed E-state index contributed by atoms with van der Waals surface area (Å²) < 4.78 is 26.6. The summed E-state index contributed by atoms with van der Waals surface area (Å²) in [5.41, 5.74) is 6.39. The minimum atomic E-state index is -0.623. The lowest BCUT2D eigenvalue weighted by Gasteiger charge is -2.34.